The second-order valence-corrected chi connectivity index (χ2v) is 6.04. The zero-order chi connectivity index (χ0) is 14.9. The molecule has 1 atom stereocenters. The number of ether oxygens (including phenoxy) is 1. The maximum absolute atomic E-state index is 5.89. The lowest BCUT2D eigenvalue weighted by molar-refractivity contribution is 0.103. The van der Waals surface area contributed by atoms with Gasteiger partial charge in [-0.05, 0) is 37.5 Å². The van der Waals surface area contributed by atoms with Crippen LogP contribution in [0.2, 0.25) is 0 Å². The molecule has 0 N–H and O–H groups in total. The highest BCUT2D eigenvalue weighted by Gasteiger charge is 2.24. The Morgan fingerprint density at radius 2 is 2.09 bits per heavy atom. The van der Waals surface area contributed by atoms with E-state index in [9.17, 15) is 0 Å². The number of fused-ring (bicyclic) bond motifs is 1. The minimum Gasteiger partial charge on any atom is -0.370 e. The van der Waals surface area contributed by atoms with Crippen molar-refractivity contribution in [1.29, 1.82) is 0 Å². The van der Waals surface area contributed by atoms with Crippen LogP contribution in [0.5, 0.6) is 0 Å². The Labute approximate surface area is 130 Å². The number of aromatic nitrogens is 2. The average Bonchev–Trinajstić information content (AvgIpc) is 3.15. The standard InChI is InChI=1S/C19H20N2O/c1-14-6-4-7-15(12-14)13-21-17-9-3-2-8-16(17)20-19(21)18-10-5-11-22-18/h2-4,6-9,12,18H,5,10-11,13H2,1H3. The first-order valence-electron chi connectivity index (χ1n) is 7.93. The van der Waals surface area contributed by atoms with E-state index in [0.717, 1.165) is 37.3 Å². The van der Waals surface area contributed by atoms with Crippen molar-refractivity contribution in [1.82, 2.24) is 9.55 Å². The summed E-state index contributed by atoms with van der Waals surface area (Å²) in [5.74, 6) is 1.07. The van der Waals surface area contributed by atoms with Gasteiger partial charge >= 0.3 is 0 Å². The SMILES string of the molecule is Cc1cccc(Cn2c(C3CCCO3)nc3ccccc32)c1. The zero-order valence-electron chi connectivity index (χ0n) is 12.8. The van der Waals surface area contributed by atoms with Crippen LogP contribution in [0.4, 0.5) is 0 Å². The number of rotatable bonds is 3. The van der Waals surface area contributed by atoms with Gasteiger partial charge < -0.3 is 9.30 Å². The Morgan fingerprint density at radius 3 is 2.91 bits per heavy atom. The van der Waals surface area contributed by atoms with Crippen LogP contribution in [0.25, 0.3) is 11.0 Å². The van der Waals surface area contributed by atoms with Crippen LogP contribution in [-0.4, -0.2) is 16.2 Å². The fourth-order valence-corrected chi connectivity index (χ4v) is 3.28. The van der Waals surface area contributed by atoms with Crippen molar-refractivity contribution in [3.63, 3.8) is 0 Å². The first-order chi connectivity index (χ1) is 10.8. The number of hydrogen-bond acceptors (Lipinski definition) is 2. The van der Waals surface area contributed by atoms with Gasteiger partial charge in [-0.1, -0.05) is 42.0 Å². The average molecular weight is 292 g/mol. The molecular formula is C19H20N2O. The van der Waals surface area contributed by atoms with E-state index in [1.165, 1.54) is 16.6 Å². The lowest BCUT2D eigenvalue weighted by Crippen LogP contribution is -2.09. The lowest BCUT2D eigenvalue weighted by Gasteiger charge is -2.14. The molecule has 3 aromatic rings. The molecule has 4 rings (SSSR count). The van der Waals surface area contributed by atoms with Gasteiger partial charge in [-0.15, -0.1) is 0 Å². The van der Waals surface area contributed by atoms with E-state index in [4.69, 9.17) is 9.72 Å². The van der Waals surface area contributed by atoms with E-state index < -0.39 is 0 Å². The van der Waals surface area contributed by atoms with Crippen molar-refractivity contribution in [2.75, 3.05) is 6.61 Å². The van der Waals surface area contributed by atoms with E-state index in [1.807, 2.05) is 6.07 Å². The predicted octanol–water partition coefficient (Wildman–Crippen LogP) is 4.24. The maximum Gasteiger partial charge on any atom is 0.139 e. The molecule has 0 aliphatic carbocycles. The molecule has 0 amide bonds. The van der Waals surface area contributed by atoms with Crippen molar-refractivity contribution >= 4 is 11.0 Å². The van der Waals surface area contributed by atoms with Crippen LogP contribution < -0.4 is 0 Å². The molecule has 3 heteroatoms. The Balaban J connectivity index is 1.81. The summed E-state index contributed by atoms with van der Waals surface area (Å²) in [6.45, 7) is 3.83. The number of nitrogens with zero attached hydrogens (tertiary/aromatic N) is 2. The molecule has 0 spiro atoms. The third-order valence-corrected chi connectivity index (χ3v) is 4.32. The smallest absolute Gasteiger partial charge is 0.139 e. The Bertz CT molecular complexity index is 800. The highest BCUT2D eigenvalue weighted by atomic mass is 16.5. The highest BCUT2D eigenvalue weighted by molar-refractivity contribution is 5.76. The highest BCUT2D eigenvalue weighted by Crippen LogP contribution is 2.31. The van der Waals surface area contributed by atoms with Gasteiger partial charge in [0.2, 0.25) is 0 Å². The van der Waals surface area contributed by atoms with Crippen LogP contribution in [0.3, 0.4) is 0 Å². The van der Waals surface area contributed by atoms with E-state index in [0.29, 0.717) is 0 Å². The molecule has 1 unspecified atom stereocenters. The van der Waals surface area contributed by atoms with E-state index in [2.05, 4.69) is 54.0 Å². The Hall–Kier alpha value is -2.13. The van der Waals surface area contributed by atoms with Gasteiger partial charge in [0, 0.05) is 13.2 Å². The Kier molecular flexibility index (Phi) is 3.43. The van der Waals surface area contributed by atoms with Crippen LogP contribution in [0, 0.1) is 6.92 Å². The van der Waals surface area contributed by atoms with E-state index in [1.54, 1.807) is 0 Å². The summed E-state index contributed by atoms with van der Waals surface area (Å²) in [4.78, 5) is 4.85. The molecule has 1 aliphatic heterocycles. The third kappa shape index (κ3) is 2.42. The molecule has 3 nitrogen and oxygen atoms in total. The number of benzene rings is 2. The van der Waals surface area contributed by atoms with Crippen LogP contribution >= 0.6 is 0 Å². The summed E-state index contributed by atoms with van der Waals surface area (Å²) in [7, 11) is 0. The van der Waals surface area contributed by atoms with Crippen LogP contribution in [0.15, 0.2) is 48.5 Å². The molecule has 1 saturated heterocycles. The first kappa shape index (κ1) is 13.5. The molecule has 0 bridgehead atoms. The van der Waals surface area contributed by atoms with Gasteiger partial charge in [0.1, 0.15) is 11.9 Å². The van der Waals surface area contributed by atoms with Crippen molar-refractivity contribution in [2.24, 2.45) is 0 Å². The summed E-state index contributed by atoms with van der Waals surface area (Å²) < 4.78 is 8.21. The summed E-state index contributed by atoms with van der Waals surface area (Å²) >= 11 is 0. The van der Waals surface area contributed by atoms with Crippen molar-refractivity contribution in [3.05, 3.63) is 65.5 Å². The zero-order valence-corrected chi connectivity index (χ0v) is 12.8. The minimum absolute atomic E-state index is 0.136. The maximum atomic E-state index is 5.89. The van der Waals surface area contributed by atoms with Gasteiger partial charge in [0.25, 0.3) is 0 Å². The van der Waals surface area contributed by atoms with Gasteiger partial charge in [-0.2, -0.15) is 0 Å². The normalized spacial score (nSPS) is 18.1. The summed E-state index contributed by atoms with van der Waals surface area (Å²) in [6, 6.07) is 17.0. The van der Waals surface area contributed by atoms with Crippen LogP contribution in [0.1, 0.15) is 35.9 Å². The molecule has 0 saturated carbocycles. The molecule has 1 aliphatic rings. The van der Waals surface area contributed by atoms with Crippen molar-refractivity contribution in [3.8, 4) is 0 Å². The van der Waals surface area contributed by atoms with Crippen LogP contribution in [-0.2, 0) is 11.3 Å². The number of imidazole rings is 1. The predicted molar refractivity (Wildman–Crippen MR) is 87.9 cm³/mol. The molecule has 0 radical (unpaired) electrons. The largest absolute Gasteiger partial charge is 0.370 e. The monoisotopic (exact) mass is 292 g/mol. The summed E-state index contributed by atoms with van der Waals surface area (Å²) in [5.41, 5.74) is 4.85. The Morgan fingerprint density at radius 1 is 1.18 bits per heavy atom. The molecule has 22 heavy (non-hydrogen) atoms. The fourth-order valence-electron chi connectivity index (χ4n) is 3.28. The van der Waals surface area contributed by atoms with Gasteiger partial charge in [0.15, 0.2) is 0 Å². The topological polar surface area (TPSA) is 27.1 Å². The van der Waals surface area contributed by atoms with E-state index >= 15 is 0 Å². The fraction of sp³-hybridized carbons (Fsp3) is 0.316. The molecule has 2 aromatic carbocycles. The summed E-state index contributed by atoms with van der Waals surface area (Å²) in [6.07, 6.45) is 2.33. The van der Waals surface area contributed by atoms with Gasteiger partial charge in [0.05, 0.1) is 11.0 Å². The number of para-hydroxylation sites is 2. The van der Waals surface area contributed by atoms with Crippen molar-refractivity contribution in [2.45, 2.75) is 32.4 Å². The number of aryl methyl sites for hydroxylation is 1. The number of hydrogen-bond donors (Lipinski definition) is 0. The molecule has 1 aromatic heterocycles. The van der Waals surface area contributed by atoms with Gasteiger partial charge in [-0.3, -0.25) is 0 Å². The lowest BCUT2D eigenvalue weighted by atomic mass is 10.1. The molecular weight excluding hydrogens is 272 g/mol. The second-order valence-electron chi connectivity index (χ2n) is 6.04. The minimum atomic E-state index is 0.136. The van der Waals surface area contributed by atoms with E-state index in [-0.39, 0.29) is 6.10 Å². The molecule has 1 fully saturated rings. The first-order valence-corrected chi connectivity index (χ1v) is 7.93. The van der Waals surface area contributed by atoms with Crippen molar-refractivity contribution < 1.29 is 4.74 Å². The second kappa shape index (κ2) is 5.58. The van der Waals surface area contributed by atoms with Gasteiger partial charge in [-0.25, -0.2) is 4.98 Å². The summed E-state index contributed by atoms with van der Waals surface area (Å²) in [5, 5.41) is 0. The third-order valence-electron chi connectivity index (χ3n) is 4.32. The molecule has 2 heterocycles. The quantitative estimate of drug-likeness (QED) is 0.722. The molecule has 112 valence electrons.